The summed E-state index contributed by atoms with van der Waals surface area (Å²) in [4.78, 5) is 0. The molecule has 0 bridgehead atoms. The van der Waals surface area contributed by atoms with Gasteiger partial charge in [0, 0.05) is 0 Å². The van der Waals surface area contributed by atoms with Gasteiger partial charge in [0.05, 0.1) is 0 Å². The molecular formula is C10H10BrRh. The van der Waals surface area contributed by atoms with E-state index in [1.807, 2.05) is 24.3 Å². The molecule has 0 fully saturated rings. The molecule has 0 radical (unpaired) electrons. The maximum Gasteiger partial charge on any atom is 3.00 e. The smallest absolute Gasteiger partial charge is 1.00 e. The van der Waals surface area contributed by atoms with E-state index in [0.717, 1.165) is 12.8 Å². The SMILES string of the molecule is [Br-].[C-]1=CC=CC1.[C-]1=CC=CC1.[Rh+3]. The molecule has 2 aliphatic rings. The van der Waals surface area contributed by atoms with Gasteiger partial charge in [0.1, 0.15) is 0 Å². The van der Waals surface area contributed by atoms with E-state index in [2.05, 4.69) is 24.3 Å². The molecule has 0 aromatic rings. The second kappa shape index (κ2) is 11.1. The van der Waals surface area contributed by atoms with Gasteiger partial charge in [0.15, 0.2) is 0 Å². The number of hydrogen-bond acceptors (Lipinski definition) is 0. The van der Waals surface area contributed by atoms with Crippen LogP contribution in [0.2, 0.25) is 0 Å². The summed E-state index contributed by atoms with van der Waals surface area (Å²) in [5.41, 5.74) is 0. The molecule has 0 amide bonds. The van der Waals surface area contributed by atoms with E-state index in [0.29, 0.717) is 0 Å². The van der Waals surface area contributed by atoms with E-state index < -0.39 is 0 Å². The fourth-order valence-corrected chi connectivity index (χ4v) is 0.680. The van der Waals surface area contributed by atoms with E-state index in [4.69, 9.17) is 0 Å². The standard InChI is InChI=1S/2C5H5.BrH.Rh/c2*1-2-4-5-3-1;;/h2*1-3H,4H2;1H;/q2*-1;;+3/p-1. The van der Waals surface area contributed by atoms with Crippen LogP contribution >= 0.6 is 0 Å². The van der Waals surface area contributed by atoms with Gasteiger partial charge in [0.2, 0.25) is 0 Å². The van der Waals surface area contributed by atoms with Gasteiger partial charge in [-0.05, 0) is 0 Å². The molecule has 12 heavy (non-hydrogen) atoms. The molecule has 2 aliphatic carbocycles. The van der Waals surface area contributed by atoms with Gasteiger partial charge in [0.25, 0.3) is 0 Å². The predicted molar refractivity (Wildman–Crippen MR) is 43.1 cm³/mol. The van der Waals surface area contributed by atoms with E-state index in [9.17, 15) is 0 Å². The average molecular weight is 313 g/mol. The Kier molecular flexibility index (Phi) is 13.4. The fourth-order valence-electron chi connectivity index (χ4n) is 0.680. The zero-order chi connectivity index (χ0) is 7.07. The summed E-state index contributed by atoms with van der Waals surface area (Å²) >= 11 is 0. The molecule has 0 atom stereocenters. The van der Waals surface area contributed by atoms with E-state index in [1.165, 1.54) is 0 Å². The molecule has 0 N–H and O–H groups in total. The summed E-state index contributed by atoms with van der Waals surface area (Å²) in [6.07, 6.45) is 20.0. The van der Waals surface area contributed by atoms with Gasteiger partial charge >= 0.3 is 19.5 Å². The molecule has 0 saturated carbocycles. The molecule has 2 rings (SSSR count). The van der Waals surface area contributed by atoms with Gasteiger partial charge in [-0.2, -0.15) is 12.2 Å². The molecule has 0 spiro atoms. The molecule has 0 saturated heterocycles. The predicted octanol–water partition coefficient (Wildman–Crippen LogP) is -0.387. The molecule has 0 nitrogen and oxygen atoms in total. The quantitative estimate of drug-likeness (QED) is 0.422. The van der Waals surface area contributed by atoms with Crippen molar-refractivity contribution in [3.05, 3.63) is 48.6 Å². The topological polar surface area (TPSA) is 0 Å². The van der Waals surface area contributed by atoms with Gasteiger partial charge in [-0.15, -0.1) is 12.8 Å². The first kappa shape index (κ1) is 14.6. The Hall–Kier alpha value is 0.0634. The Morgan fingerprint density at radius 2 is 1.25 bits per heavy atom. The first-order chi connectivity index (χ1) is 5.00. The molecule has 2 heteroatoms. The molecule has 0 aliphatic heterocycles. The largest absolute Gasteiger partial charge is 3.00 e. The number of rotatable bonds is 0. The second-order valence-corrected chi connectivity index (χ2v) is 2.01. The van der Waals surface area contributed by atoms with Crippen molar-refractivity contribution in [2.24, 2.45) is 0 Å². The summed E-state index contributed by atoms with van der Waals surface area (Å²) in [6, 6.07) is 0. The van der Waals surface area contributed by atoms with Crippen molar-refractivity contribution in [3.8, 4) is 0 Å². The summed E-state index contributed by atoms with van der Waals surface area (Å²) in [6.45, 7) is 0. The Morgan fingerprint density at radius 1 is 0.833 bits per heavy atom. The second-order valence-electron chi connectivity index (χ2n) is 2.01. The summed E-state index contributed by atoms with van der Waals surface area (Å²) in [5.74, 6) is 0. The van der Waals surface area contributed by atoms with Crippen molar-refractivity contribution < 1.29 is 36.5 Å². The van der Waals surface area contributed by atoms with Crippen LogP contribution in [0.5, 0.6) is 0 Å². The Bertz CT molecular complexity index is 148. The zero-order valence-electron chi connectivity index (χ0n) is 6.59. The maximum absolute atomic E-state index is 2.99. The van der Waals surface area contributed by atoms with Gasteiger partial charge in [-0.1, -0.05) is 0 Å². The first-order valence-electron chi connectivity index (χ1n) is 3.43. The van der Waals surface area contributed by atoms with Crippen molar-refractivity contribution in [1.82, 2.24) is 0 Å². The molecule has 0 unspecified atom stereocenters. The maximum atomic E-state index is 2.99. The van der Waals surface area contributed by atoms with Crippen LogP contribution in [-0.4, -0.2) is 0 Å². The number of hydrogen-bond donors (Lipinski definition) is 0. The van der Waals surface area contributed by atoms with E-state index >= 15 is 0 Å². The Morgan fingerprint density at radius 3 is 1.33 bits per heavy atom. The normalized spacial score (nSPS) is 14.7. The third kappa shape index (κ3) is 8.16. The van der Waals surface area contributed by atoms with Crippen molar-refractivity contribution in [3.63, 3.8) is 0 Å². The number of halogens is 1. The molecule has 0 aromatic heterocycles. The fraction of sp³-hybridized carbons (Fsp3) is 0.200. The van der Waals surface area contributed by atoms with Crippen LogP contribution in [0.1, 0.15) is 12.8 Å². The first-order valence-corrected chi connectivity index (χ1v) is 3.43. The molecular weight excluding hydrogens is 303 g/mol. The van der Waals surface area contributed by atoms with Crippen LogP contribution in [0.15, 0.2) is 36.5 Å². The third-order valence-electron chi connectivity index (χ3n) is 1.17. The van der Waals surface area contributed by atoms with Crippen LogP contribution in [0, 0.1) is 12.2 Å². The van der Waals surface area contributed by atoms with Crippen molar-refractivity contribution >= 4 is 0 Å². The minimum absolute atomic E-state index is 0. The van der Waals surface area contributed by atoms with Crippen molar-refractivity contribution in [2.45, 2.75) is 12.8 Å². The van der Waals surface area contributed by atoms with Crippen LogP contribution in [0.3, 0.4) is 0 Å². The van der Waals surface area contributed by atoms with Gasteiger partial charge in [-0.3, -0.25) is 12.2 Å². The molecule has 0 heterocycles. The molecule has 0 aromatic carbocycles. The van der Waals surface area contributed by atoms with Gasteiger partial charge < -0.3 is 17.0 Å². The summed E-state index contributed by atoms with van der Waals surface area (Å²) < 4.78 is 0. The molecule has 66 valence electrons. The van der Waals surface area contributed by atoms with Crippen molar-refractivity contribution in [2.75, 3.05) is 0 Å². The van der Waals surface area contributed by atoms with Gasteiger partial charge in [-0.25, -0.2) is 24.3 Å². The monoisotopic (exact) mass is 312 g/mol. The van der Waals surface area contributed by atoms with Crippen LogP contribution in [-0.2, 0) is 19.5 Å². The third-order valence-corrected chi connectivity index (χ3v) is 1.17. The minimum atomic E-state index is 0. The summed E-state index contributed by atoms with van der Waals surface area (Å²) in [7, 11) is 0. The summed E-state index contributed by atoms with van der Waals surface area (Å²) in [5, 5.41) is 0. The van der Waals surface area contributed by atoms with Crippen LogP contribution < -0.4 is 17.0 Å². The Labute approximate surface area is 97.7 Å². The van der Waals surface area contributed by atoms with Crippen LogP contribution in [0.25, 0.3) is 0 Å². The Balaban J connectivity index is 0. The minimum Gasteiger partial charge on any atom is -1.00 e. The number of allylic oxidation sites excluding steroid dienone is 8. The van der Waals surface area contributed by atoms with Crippen molar-refractivity contribution in [1.29, 1.82) is 0 Å². The van der Waals surface area contributed by atoms with E-state index in [-0.39, 0.29) is 36.5 Å². The van der Waals surface area contributed by atoms with Crippen LogP contribution in [0.4, 0.5) is 0 Å². The average Bonchev–Trinajstić information content (AvgIpc) is 2.67. The zero-order valence-corrected chi connectivity index (χ0v) is 9.81. The van der Waals surface area contributed by atoms with E-state index in [1.54, 1.807) is 0 Å².